The lowest BCUT2D eigenvalue weighted by Gasteiger charge is -2.03. The number of fused-ring (bicyclic) bond motifs is 2. The summed E-state index contributed by atoms with van der Waals surface area (Å²) in [7, 11) is 0. The number of thiazole rings is 4. The van der Waals surface area contributed by atoms with Gasteiger partial charge < -0.3 is 10.6 Å². The number of rotatable bonds is 13. The number of amides is 2. The fraction of sp³-hybridized carbons (Fsp3) is 0.267. The van der Waals surface area contributed by atoms with Crippen LogP contribution < -0.4 is 10.6 Å². The van der Waals surface area contributed by atoms with E-state index in [-0.39, 0.29) is 11.8 Å². The third-order valence-electron chi connectivity index (χ3n) is 6.58. The molecule has 4 heterocycles. The number of aromatic nitrogens is 4. The van der Waals surface area contributed by atoms with Gasteiger partial charge in [-0.05, 0) is 37.1 Å². The lowest BCUT2D eigenvalue weighted by molar-refractivity contribution is -0.117. The van der Waals surface area contributed by atoms with E-state index in [2.05, 4.69) is 30.6 Å². The van der Waals surface area contributed by atoms with E-state index in [9.17, 15) is 9.59 Å². The minimum atomic E-state index is -0.00894. The maximum absolute atomic E-state index is 12.4. The molecule has 0 radical (unpaired) electrons. The summed E-state index contributed by atoms with van der Waals surface area (Å²) in [5.74, 6) is -0.0179. The quantitative estimate of drug-likeness (QED) is 0.123. The van der Waals surface area contributed by atoms with E-state index in [4.69, 9.17) is 0 Å². The molecule has 0 saturated heterocycles. The van der Waals surface area contributed by atoms with Crippen LogP contribution in [0.5, 0.6) is 0 Å². The molecule has 2 aromatic carbocycles. The van der Waals surface area contributed by atoms with Crippen LogP contribution in [0.3, 0.4) is 0 Å². The zero-order valence-electron chi connectivity index (χ0n) is 22.7. The molecule has 0 spiro atoms. The maximum atomic E-state index is 12.4. The summed E-state index contributed by atoms with van der Waals surface area (Å²) in [6, 6.07) is 16.0. The Morgan fingerprint density at radius 3 is 1.45 bits per heavy atom. The third-order valence-corrected chi connectivity index (χ3v) is 10.2. The van der Waals surface area contributed by atoms with Crippen LogP contribution in [0.2, 0.25) is 0 Å². The first-order chi connectivity index (χ1) is 20.6. The van der Waals surface area contributed by atoms with Gasteiger partial charge in [0.05, 0.1) is 20.4 Å². The number of nitrogens with zero attached hydrogens (tertiary/aromatic N) is 4. The van der Waals surface area contributed by atoms with Crippen molar-refractivity contribution in [3.05, 3.63) is 59.3 Å². The summed E-state index contributed by atoms with van der Waals surface area (Å²) >= 11 is 6.06. The first-order valence-electron chi connectivity index (χ1n) is 13.8. The maximum Gasteiger partial charge on any atom is 0.226 e. The average Bonchev–Trinajstić information content (AvgIpc) is 3.79. The Hall–Kier alpha value is -3.58. The first-order valence-corrected chi connectivity index (χ1v) is 17.2. The Balaban J connectivity index is 0.833. The Kier molecular flexibility index (Phi) is 9.24. The Morgan fingerprint density at radius 2 is 1.00 bits per heavy atom. The zero-order valence-corrected chi connectivity index (χ0v) is 25.9. The second-order valence-electron chi connectivity index (χ2n) is 9.77. The molecule has 0 atom stereocenters. The predicted octanol–water partition coefficient (Wildman–Crippen LogP) is 8.85. The number of benzene rings is 2. The van der Waals surface area contributed by atoms with Gasteiger partial charge in [0.2, 0.25) is 11.8 Å². The summed E-state index contributed by atoms with van der Waals surface area (Å²) in [5.41, 5.74) is 3.52. The van der Waals surface area contributed by atoms with Gasteiger partial charge in [0.25, 0.3) is 0 Å². The molecule has 0 aliphatic heterocycles. The molecular weight excluding hydrogens is 605 g/mol. The van der Waals surface area contributed by atoms with Crippen molar-refractivity contribution >= 4 is 87.9 Å². The topological polar surface area (TPSA) is 110 Å². The highest BCUT2D eigenvalue weighted by Crippen LogP contribution is 2.33. The van der Waals surface area contributed by atoms with Gasteiger partial charge in [0.15, 0.2) is 10.3 Å². The lowest BCUT2D eigenvalue weighted by Crippen LogP contribution is -2.11. The molecule has 42 heavy (non-hydrogen) atoms. The molecule has 214 valence electrons. The molecular formula is C30H28N6O2S4. The van der Waals surface area contributed by atoms with Crippen molar-refractivity contribution in [2.45, 2.75) is 51.4 Å². The molecule has 12 heteroatoms. The van der Waals surface area contributed by atoms with E-state index in [1.54, 1.807) is 22.7 Å². The Bertz CT molecular complexity index is 1620. The molecule has 6 aromatic rings. The summed E-state index contributed by atoms with van der Waals surface area (Å²) in [6.45, 7) is 0. The second kappa shape index (κ2) is 13.6. The molecule has 4 aromatic heterocycles. The van der Waals surface area contributed by atoms with Crippen LogP contribution >= 0.6 is 45.3 Å². The molecule has 0 aliphatic rings. The number of anilines is 2. The van der Waals surface area contributed by atoms with Crippen molar-refractivity contribution in [3.8, 4) is 21.4 Å². The van der Waals surface area contributed by atoms with E-state index in [0.717, 1.165) is 80.4 Å². The number of para-hydroxylation sites is 2. The van der Waals surface area contributed by atoms with E-state index >= 15 is 0 Å². The number of hydrogen-bond acceptors (Lipinski definition) is 10. The van der Waals surface area contributed by atoms with Gasteiger partial charge in [-0.3, -0.25) is 9.59 Å². The fourth-order valence-corrected chi connectivity index (χ4v) is 7.89. The smallest absolute Gasteiger partial charge is 0.226 e. The van der Waals surface area contributed by atoms with E-state index < -0.39 is 0 Å². The minimum absolute atomic E-state index is 0.00894. The first kappa shape index (κ1) is 28.5. The number of nitrogens with one attached hydrogen (secondary N) is 2. The monoisotopic (exact) mass is 632 g/mol. The molecule has 8 nitrogen and oxygen atoms in total. The predicted molar refractivity (Wildman–Crippen MR) is 176 cm³/mol. The average molecular weight is 633 g/mol. The van der Waals surface area contributed by atoms with Crippen LogP contribution in [-0.2, 0) is 9.59 Å². The van der Waals surface area contributed by atoms with Crippen LogP contribution in [-0.4, -0.2) is 31.8 Å². The standard InChI is InChI=1S/C30H28N6O2S4/c37-25(35-29-33-21(17-39-29)27-31-19-11-7-9-13-23(19)41-27)15-5-3-1-2-4-6-16-26(38)36-30-34-22(18-40-30)28-32-20-12-8-10-14-24(20)42-28/h7-14,17-18H,1-6,15-16H2,(H,33,35,37)(H,34,36,38). The van der Waals surface area contributed by atoms with Crippen LogP contribution in [0, 0.1) is 0 Å². The van der Waals surface area contributed by atoms with Crippen molar-refractivity contribution in [3.63, 3.8) is 0 Å². The Morgan fingerprint density at radius 1 is 0.571 bits per heavy atom. The highest BCUT2D eigenvalue weighted by atomic mass is 32.1. The van der Waals surface area contributed by atoms with Crippen LogP contribution in [0.1, 0.15) is 51.4 Å². The second-order valence-corrected chi connectivity index (χ2v) is 13.5. The largest absolute Gasteiger partial charge is 0.302 e. The lowest BCUT2D eigenvalue weighted by atomic mass is 10.1. The highest BCUT2D eigenvalue weighted by molar-refractivity contribution is 7.22. The number of carbonyl (C=O) groups is 2. The highest BCUT2D eigenvalue weighted by Gasteiger charge is 2.13. The zero-order chi connectivity index (χ0) is 28.7. The molecule has 0 aliphatic carbocycles. The SMILES string of the molecule is O=C(CCCCCCCCC(=O)Nc1nc(-c2nc3ccccc3s2)cs1)Nc1nc(-c2nc3ccccc3s2)cs1. The molecule has 2 N–H and O–H groups in total. The fourth-order valence-electron chi connectivity index (χ4n) is 4.46. The van der Waals surface area contributed by atoms with Crippen LogP contribution in [0.25, 0.3) is 41.8 Å². The summed E-state index contributed by atoms with van der Waals surface area (Å²) in [4.78, 5) is 43.1. The van der Waals surface area contributed by atoms with Gasteiger partial charge in [-0.2, -0.15) is 0 Å². The number of unbranched alkanes of at least 4 members (excludes halogenated alkanes) is 5. The van der Waals surface area contributed by atoms with Gasteiger partial charge in [-0.15, -0.1) is 45.3 Å². The van der Waals surface area contributed by atoms with E-state index in [0.29, 0.717) is 23.1 Å². The van der Waals surface area contributed by atoms with Crippen LogP contribution in [0.4, 0.5) is 10.3 Å². The molecule has 0 bridgehead atoms. The molecule has 0 fully saturated rings. The molecule has 2 amide bonds. The van der Waals surface area contributed by atoms with Gasteiger partial charge in [0.1, 0.15) is 21.4 Å². The normalized spacial score (nSPS) is 11.3. The molecule has 6 rings (SSSR count). The van der Waals surface area contributed by atoms with Crippen molar-refractivity contribution < 1.29 is 9.59 Å². The third kappa shape index (κ3) is 7.24. The molecule has 0 unspecified atom stereocenters. The van der Waals surface area contributed by atoms with Crippen LogP contribution in [0.15, 0.2) is 59.3 Å². The van der Waals surface area contributed by atoms with Crippen molar-refractivity contribution in [1.82, 2.24) is 19.9 Å². The van der Waals surface area contributed by atoms with Gasteiger partial charge in [-0.25, -0.2) is 19.9 Å². The van der Waals surface area contributed by atoms with E-state index in [1.165, 1.54) is 22.7 Å². The van der Waals surface area contributed by atoms with Crippen molar-refractivity contribution in [2.24, 2.45) is 0 Å². The van der Waals surface area contributed by atoms with Crippen molar-refractivity contribution in [2.75, 3.05) is 10.6 Å². The number of hydrogen-bond donors (Lipinski definition) is 2. The van der Waals surface area contributed by atoms with Gasteiger partial charge in [0, 0.05) is 23.6 Å². The number of carbonyl (C=O) groups excluding carboxylic acids is 2. The summed E-state index contributed by atoms with van der Waals surface area (Å²) in [5, 5.41) is 12.7. The van der Waals surface area contributed by atoms with Crippen molar-refractivity contribution in [1.29, 1.82) is 0 Å². The molecule has 0 saturated carbocycles. The van der Waals surface area contributed by atoms with E-state index in [1.807, 2.05) is 59.3 Å². The summed E-state index contributed by atoms with van der Waals surface area (Å²) in [6.07, 6.45) is 6.70. The van der Waals surface area contributed by atoms with Gasteiger partial charge >= 0.3 is 0 Å². The summed E-state index contributed by atoms with van der Waals surface area (Å²) < 4.78 is 2.25. The Labute approximate surface area is 258 Å². The van der Waals surface area contributed by atoms with Gasteiger partial charge in [-0.1, -0.05) is 49.9 Å². The minimum Gasteiger partial charge on any atom is -0.302 e.